The molecule has 1 heterocycles. The van der Waals surface area contributed by atoms with Gasteiger partial charge in [0.25, 0.3) is 0 Å². The van der Waals surface area contributed by atoms with E-state index in [0.717, 1.165) is 41.7 Å². The molecule has 0 aromatic carbocycles. The van der Waals surface area contributed by atoms with E-state index in [9.17, 15) is 0 Å². The molecule has 8 unspecified atom stereocenters. The molecule has 4 bridgehead atoms. The van der Waals surface area contributed by atoms with Crippen molar-refractivity contribution in [3.8, 4) is 0 Å². The first-order valence-corrected chi connectivity index (χ1v) is 7.66. The second kappa shape index (κ2) is 2.85. The molecule has 5 fully saturated rings. The Kier molecular flexibility index (Phi) is 1.60. The molecule has 4 saturated carbocycles. The summed E-state index contributed by atoms with van der Waals surface area (Å²) in [7, 11) is 0. The van der Waals surface area contributed by atoms with Crippen LogP contribution >= 0.6 is 0 Å². The van der Waals surface area contributed by atoms with Gasteiger partial charge in [-0.3, -0.25) is 0 Å². The number of piperidine rings is 1. The molecule has 0 aromatic rings. The Balaban J connectivity index is 1.53. The van der Waals surface area contributed by atoms with Crippen LogP contribution in [0, 0.1) is 35.5 Å². The molecule has 1 N–H and O–H groups in total. The van der Waals surface area contributed by atoms with E-state index >= 15 is 0 Å². The number of hydrogen-bond acceptors (Lipinski definition) is 1. The van der Waals surface area contributed by atoms with Crippen molar-refractivity contribution in [1.82, 2.24) is 5.32 Å². The molecule has 1 heteroatoms. The lowest BCUT2D eigenvalue weighted by atomic mass is 9.72. The van der Waals surface area contributed by atoms with Crippen LogP contribution in [0.4, 0.5) is 0 Å². The van der Waals surface area contributed by atoms with Crippen molar-refractivity contribution < 1.29 is 0 Å². The van der Waals surface area contributed by atoms with E-state index in [4.69, 9.17) is 0 Å². The van der Waals surface area contributed by atoms with Crippen molar-refractivity contribution >= 4 is 0 Å². The van der Waals surface area contributed by atoms with Gasteiger partial charge in [0.2, 0.25) is 0 Å². The number of fused-ring (bicyclic) bond motifs is 10. The molecular weight excluding hydrogens is 194 g/mol. The van der Waals surface area contributed by atoms with Gasteiger partial charge in [-0.2, -0.15) is 0 Å². The van der Waals surface area contributed by atoms with Gasteiger partial charge in [-0.1, -0.05) is 0 Å². The van der Waals surface area contributed by atoms with Crippen LogP contribution in [0.1, 0.15) is 44.9 Å². The Morgan fingerprint density at radius 3 is 2.50 bits per heavy atom. The van der Waals surface area contributed by atoms with E-state index in [-0.39, 0.29) is 0 Å². The lowest BCUT2D eigenvalue weighted by Crippen LogP contribution is -2.46. The fraction of sp³-hybridized carbons (Fsp3) is 1.00. The standard InChI is InChI=1S/C15H23N/c1-2-9-5-8(1)12-7-13-15(14(9)12)10-3-4-11(6-10)16-13/h8-16H,1-7H2. The molecule has 0 spiro atoms. The maximum absolute atomic E-state index is 4.00. The molecule has 0 aromatic heterocycles. The van der Waals surface area contributed by atoms with Crippen LogP contribution in [-0.2, 0) is 0 Å². The highest BCUT2D eigenvalue weighted by Gasteiger charge is 2.60. The summed E-state index contributed by atoms with van der Waals surface area (Å²) in [6.45, 7) is 0. The number of hydrogen-bond donors (Lipinski definition) is 1. The van der Waals surface area contributed by atoms with E-state index < -0.39 is 0 Å². The maximum atomic E-state index is 4.00. The summed E-state index contributed by atoms with van der Waals surface area (Å²) in [4.78, 5) is 0. The average Bonchev–Trinajstić information content (AvgIpc) is 2.99. The molecule has 1 nitrogen and oxygen atoms in total. The second-order valence-electron chi connectivity index (χ2n) is 7.43. The first kappa shape index (κ1) is 8.97. The van der Waals surface area contributed by atoms with Crippen molar-refractivity contribution in [2.75, 3.05) is 0 Å². The molecular formula is C15H23N. The number of nitrogens with one attached hydrogen (secondary N) is 1. The lowest BCUT2D eigenvalue weighted by Gasteiger charge is -2.38. The highest BCUT2D eigenvalue weighted by molar-refractivity contribution is 5.12. The normalized spacial score (nSPS) is 66.0. The summed E-state index contributed by atoms with van der Waals surface area (Å²) in [5, 5.41) is 4.00. The monoisotopic (exact) mass is 217 g/mol. The Bertz CT molecular complexity index is 325. The first-order valence-electron chi connectivity index (χ1n) is 7.66. The average molecular weight is 217 g/mol. The Hall–Kier alpha value is -0.0400. The Labute approximate surface area is 98.4 Å². The van der Waals surface area contributed by atoms with Crippen LogP contribution in [0.15, 0.2) is 0 Å². The SMILES string of the molecule is C1CC2CC1NC1CC3C4CCC(C4)C3C21. The van der Waals surface area contributed by atoms with E-state index in [0.29, 0.717) is 0 Å². The predicted molar refractivity (Wildman–Crippen MR) is 64.0 cm³/mol. The highest BCUT2D eigenvalue weighted by atomic mass is 15.0. The summed E-state index contributed by atoms with van der Waals surface area (Å²) < 4.78 is 0. The predicted octanol–water partition coefficient (Wildman–Crippen LogP) is 2.81. The molecule has 4 aliphatic carbocycles. The third-order valence-corrected chi connectivity index (χ3v) is 7.06. The molecule has 5 aliphatic rings. The zero-order valence-electron chi connectivity index (χ0n) is 10.1. The quantitative estimate of drug-likeness (QED) is 0.658. The highest BCUT2D eigenvalue weighted by Crippen LogP contribution is 2.64. The van der Waals surface area contributed by atoms with E-state index in [1.165, 1.54) is 18.8 Å². The van der Waals surface area contributed by atoms with Crippen molar-refractivity contribution in [1.29, 1.82) is 0 Å². The van der Waals surface area contributed by atoms with Crippen molar-refractivity contribution in [2.24, 2.45) is 35.5 Å². The smallest absolute Gasteiger partial charge is 0.0106 e. The summed E-state index contributed by atoms with van der Waals surface area (Å²) in [6.07, 6.45) is 10.9. The van der Waals surface area contributed by atoms with Gasteiger partial charge in [-0.25, -0.2) is 0 Å². The van der Waals surface area contributed by atoms with Crippen LogP contribution in [0.3, 0.4) is 0 Å². The molecule has 0 amide bonds. The number of rotatable bonds is 0. The zero-order valence-corrected chi connectivity index (χ0v) is 10.1. The minimum Gasteiger partial charge on any atom is -0.311 e. The van der Waals surface area contributed by atoms with Crippen LogP contribution in [0.25, 0.3) is 0 Å². The van der Waals surface area contributed by atoms with Crippen LogP contribution in [0.2, 0.25) is 0 Å². The van der Waals surface area contributed by atoms with Gasteiger partial charge in [0.15, 0.2) is 0 Å². The summed E-state index contributed by atoms with van der Waals surface area (Å²) in [5.74, 6) is 6.87. The maximum Gasteiger partial charge on any atom is 0.0106 e. The zero-order chi connectivity index (χ0) is 10.3. The Morgan fingerprint density at radius 2 is 1.50 bits per heavy atom. The third kappa shape index (κ3) is 0.939. The van der Waals surface area contributed by atoms with Crippen LogP contribution in [0.5, 0.6) is 0 Å². The van der Waals surface area contributed by atoms with Gasteiger partial charge < -0.3 is 5.32 Å². The van der Waals surface area contributed by atoms with Crippen LogP contribution in [-0.4, -0.2) is 12.1 Å². The van der Waals surface area contributed by atoms with Gasteiger partial charge in [0, 0.05) is 12.1 Å². The molecule has 8 atom stereocenters. The van der Waals surface area contributed by atoms with Gasteiger partial charge in [0.05, 0.1) is 0 Å². The van der Waals surface area contributed by atoms with Gasteiger partial charge in [-0.15, -0.1) is 0 Å². The third-order valence-electron chi connectivity index (χ3n) is 7.06. The van der Waals surface area contributed by atoms with Gasteiger partial charge in [0.1, 0.15) is 0 Å². The van der Waals surface area contributed by atoms with Gasteiger partial charge >= 0.3 is 0 Å². The summed E-state index contributed by atoms with van der Waals surface area (Å²) in [6, 6.07) is 1.87. The van der Waals surface area contributed by atoms with Crippen molar-refractivity contribution in [3.63, 3.8) is 0 Å². The molecule has 1 saturated heterocycles. The van der Waals surface area contributed by atoms with E-state index in [1.54, 1.807) is 32.1 Å². The van der Waals surface area contributed by atoms with E-state index in [2.05, 4.69) is 5.32 Å². The molecule has 5 rings (SSSR count). The largest absolute Gasteiger partial charge is 0.311 e. The minimum absolute atomic E-state index is 0.919. The molecule has 16 heavy (non-hydrogen) atoms. The summed E-state index contributed by atoms with van der Waals surface area (Å²) in [5.41, 5.74) is 0. The fourth-order valence-corrected chi connectivity index (χ4v) is 6.76. The minimum atomic E-state index is 0.919. The second-order valence-corrected chi connectivity index (χ2v) is 7.43. The molecule has 88 valence electrons. The van der Waals surface area contributed by atoms with Crippen molar-refractivity contribution in [3.05, 3.63) is 0 Å². The Morgan fingerprint density at radius 1 is 0.688 bits per heavy atom. The molecule has 0 radical (unpaired) electrons. The van der Waals surface area contributed by atoms with Crippen LogP contribution < -0.4 is 5.32 Å². The van der Waals surface area contributed by atoms with E-state index in [1.807, 2.05) is 0 Å². The topological polar surface area (TPSA) is 12.0 Å². The van der Waals surface area contributed by atoms with Crippen molar-refractivity contribution in [2.45, 2.75) is 57.0 Å². The lowest BCUT2D eigenvalue weighted by molar-refractivity contribution is 0.132. The summed E-state index contributed by atoms with van der Waals surface area (Å²) >= 11 is 0. The molecule has 1 aliphatic heterocycles. The fourth-order valence-electron chi connectivity index (χ4n) is 6.76. The first-order chi connectivity index (χ1) is 7.90. The van der Waals surface area contributed by atoms with Gasteiger partial charge in [-0.05, 0) is 80.5 Å².